The first-order chi connectivity index (χ1) is 13.9. The van der Waals surface area contributed by atoms with Gasteiger partial charge in [0.25, 0.3) is 0 Å². The van der Waals surface area contributed by atoms with Gasteiger partial charge >= 0.3 is 0 Å². The topological polar surface area (TPSA) is 84.2 Å². The van der Waals surface area contributed by atoms with Crippen LogP contribution in [0.4, 0.5) is 5.69 Å². The zero-order valence-corrected chi connectivity index (χ0v) is 17.3. The normalized spacial score (nSPS) is 14.9. The fourth-order valence-electron chi connectivity index (χ4n) is 3.68. The maximum absolute atomic E-state index is 12.2. The van der Waals surface area contributed by atoms with Crippen LogP contribution in [0.1, 0.15) is 35.2 Å². The molecule has 6 nitrogen and oxygen atoms in total. The highest BCUT2D eigenvalue weighted by Crippen LogP contribution is 2.35. The molecule has 3 N–H and O–H groups in total. The molecular formula is C22H27ClN2O4. The van der Waals surface area contributed by atoms with E-state index < -0.39 is 17.2 Å². The fourth-order valence-corrected chi connectivity index (χ4v) is 3.85. The summed E-state index contributed by atoms with van der Waals surface area (Å²) in [5.74, 6) is -1.73. The van der Waals surface area contributed by atoms with Gasteiger partial charge in [0.15, 0.2) is 23.0 Å². The second kappa shape index (κ2) is 9.37. The molecule has 0 saturated carbocycles. The first-order valence-electron chi connectivity index (χ1n) is 9.87. The van der Waals surface area contributed by atoms with Crippen molar-refractivity contribution in [2.45, 2.75) is 26.2 Å². The van der Waals surface area contributed by atoms with Gasteiger partial charge in [0.1, 0.15) is 0 Å². The minimum absolute atomic E-state index is 0.156. The molecule has 2 aromatic carbocycles. The zero-order chi connectivity index (χ0) is 21.0. The van der Waals surface area contributed by atoms with Crippen LogP contribution in [0.15, 0.2) is 30.3 Å². The van der Waals surface area contributed by atoms with Crippen LogP contribution < -0.4 is 4.90 Å². The predicted octanol–water partition coefficient (Wildman–Crippen LogP) is 3.94. The Morgan fingerprint density at radius 1 is 1.03 bits per heavy atom. The van der Waals surface area contributed by atoms with Crippen LogP contribution in [0, 0.1) is 6.92 Å². The number of benzene rings is 2. The van der Waals surface area contributed by atoms with Gasteiger partial charge < -0.3 is 20.2 Å². The van der Waals surface area contributed by atoms with Gasteiger partial charge in [0, 0.05) is 48.9 Å². The van der Waals surface area contributed by atoms with Crippen LogP contribution in [0.25, 0.3) is 0 Å². The van der Waals surface area contributed by atoms with Gasteiger partial charge in [-0.05, 0) is 56.1 Å². The second-order valence-corrected chi connectivity index (χ2v) is 7.86. The van der Waals surface area contributed by atoms with E-state index in [-0.39, 0.29) is 11.3 Å². The van der Waals surface area contributed by atoms with Crippen LogP contribution in [-0.4, -0.2) is 58.7 Å². The summed E-state index contributed by atoms with van der Waals surface area (Å²) in [5.41, 5.74) is 2.53. The largest absolute Gasteiger partial charge is 0.504 e. The van der Waals surface area contributed by atoms with E-state index in [4.69, 9.17) is 11.6 Å². The van der Waals surface area contributed by atoms with Crippen molar-refractivity contribution < 1.29 is 20.1 Å². The van der Waals surface area contributed by atoms with Gasteiger partial charge in [-0.15, -0.1) is 0 Å². The smallest absolute Gasteiger partial charge is 0.200 e. The SMILES string of the molecule is Cc1c(Cl)cccc1N1CCN(CCCCC(=O)c2cc(O)c(O)c(O)c2)CC1. The highest BCUT2D eigenvalue weighted by molar-refractivity contribution is 6.31. The molecule has 2 aromatic rings. The molecule has 0 atom stereocenters. The number of aromatic hydroxyl groups is 3. The quantitative estimate of drug-likeness (QED) is 0.359. The van der Waals surface area contributed by atoms with Crippen molar-refractivity contribution in [3.8, 4) is 17.2 Å². The molecule has 0 aromatic heterocycles. The van der Waals surface area contributed by atoms with Crippen molar-refractivity contribution in [2.24, 2.45) is 0 Å². The van der Waals surface area contributed by atoms with Crippen molar-refractivity contribution in [2.75, 3.05) is 37.6 Å². The molecule has 0 amide bonds. The van der Waals surface area contributed by atoms with Crippen LogP contribution in [0.3, 0.4) is 0 Å². The van der Waals surface area contributed by atoms with Crippen LogP contribution >= 0.6 is 11.6 Å². The number of phenols is 3. The van der Waals surface area contributed by atoms with Gasteiger partial charge in [0.05, 0.1) is 0 Å². The number of unbranched alkanes of at least 4 members (excludes halogenated alkanes) is 1. The van der Waals surface area contributed by atoms with Gasteiger partial charge in [-0.2, -0.15) is 0 Å². The Hall–Kier alpha value is -2.44. The number of anilines is 1. The monoisotopic (exact) mass is 418 g/mol. The van der Waals surface area contributed by atoms with Crippen molar-refractivity contribution >= 4 is 23.1 Å². The third-order valence-electron chi connectivity index (χ3n) is 5.47. The number of Topliss-reactive ketones (excluding diaryl/α,β-unsaturated/α-hetero) is 1. The molecule has 1 heterocycles. The van der Waals surface area contributed by atoms with E-state index in [1.165, 1.54) is 17.8 Å². The molecule has 1 aliphatic rings. The Labute approximate surface area is 175 Å². The first-order valence-corrected chi connectivity index (χ1v) is 10.2. The molecule has 0 bridgehead atoms. The van der Waals surface area contributed by atoms with Crippen LogP contribution in [0.2, 0.25) is 5.02 Å². The Kier molecular flexibility index (Phi) is 6.87. The lowest BCUT2D eigenvalue weighted by atomic mass is 10.0. The van der Waals surface area contributed by atoms with E-state index in [1.54, 1.807) is 0 Å². The van der Waals surface area contributed by atoms with Gasteiger partial charge in [-0.25, -0.2) is 0 Å². The standard InChI is InChI=1S/C22H27ClN2O4/c1-15-17(23)5-4-6-18(15)25-11-9-24(10-12-25)8-3-2-7-19(26)16-13-20(27)22(29)21(28)14-16/h4-6,13-14,27-29H,2-3,7-12H2,1H3. The van der Waals surface area contributed by atoms with Gasteiger partial charge in [-0.1, -0.05) is 17.7 Å². The first kappa shape index (κ1) is 21.3. The summed E-state index contributed by atoms with van der Waals surface area (Å²) in [7, 11) is 0. The molecule has 1 fully saturated rings. The number of hydrogen-bond acceptors (Lipinski definition) is 6. The number of carbonyl (C=O) groups is 1. The number of rotatable bonds is 7. The molecule has 29 heavy (non-hydrogen) atoms. The Bertz CT molecular complexity index is 856. The fraction of sp³-hybridized carbons (Fsp3) is 0.409. The zero-order valence-electron chi connectivity index (χ0n) is 16.6. The van der Waals surface area contributed by atoms with E-state index >= 15 is 0 Å². The molecule has 1 aliphatic heterocycles. The highest BCUT2D eigenvalue weighted by Gasteiger charge is 2.19. The average molecular weight is 419 g/mol. The molecule has 7 heteroatoms. The summed E-state index contributed by atoms with van der Waals surface area (Å²) in [6.07, 6.45) is 1.97. The van der Waals surface area contributed by atoms with Crippen molar-refractivity contribution in [3.63, 3.8) is 0 Å². The van der Waals surface area contributed by atoms with Crippen molar-refractivity contribution in [1.82, 2.24) is 4.90 Å². The Morgan fingerprint density at radius 2 is 1.69 bits per heavy atom. The van der Waals surface area contributed by atoms with Crippen LogP contribution in [0.5, 0.6) is 17.2 Å². The van der Waals surface area contributed by atoms with Gasteiger partial charge in [0.2, 0.25) is 0 Å². The van der Waals surface area contributed by atoms with Gasteiger partial charge in [-0.3, -0.25) is 9.69 Å². The molecule has 0 radical (unpaired) electrons. The Morgan fingerprint density at radius 3 is 2.34 bits per heavy atom. The van der Waals surface area contributed by atoms with Crippen molar-refractivity contribution in [1.29, 1.82) is 0 Å². The number of nitrogens with zero attached hydrogens (tertiary/aromatic N) is 2. The summed E-state index contributed by atoms with van der Waals surface area (Å²) in [5, 5.41) is 29.2. The van der Waals surface area contributed by atoms with Crippen molar-refractivity contribution in [3.05, 3.63) is 46.5 Å². The molecule has 1 saturated heterocycles. The lowest BCUT2D eigenvalue weighted by Gasteiger charge is -2.37. The lowest BCUT2D eigenvalue weighted by Crippen LogP contribution is -2.46. The lowest BCUT2D eigenvalue weighted by molar-refractivity contribution is 0.0977. The number of halogens is 1. The molecule has 0 spiro atoms. The minimum Gasteiger partial charge on any atom is -0.504 e. The number of ketones is 1. The summed E-state index contributed by atoms with van der Waals surface area (Å²) >= 11 is 6.24. The summed E-state index contributed by atoms with van der Waals surface area (Å²) in [4.78, 5) is 17.0. The number of carbonyl (C=O) groups excluding carboxylic acids is 1. The van der Waals surface area contributed by atoms with E-state index in [0.29, 0.717) is 6.42 Å². The summed E-state index contributed by atoms with van der Waals surface area (Å²) in [6, 6.07) is 8.39. The third-order valence-corrected chi connectivity index (χ3v) is 5.88. The molecule has 0 unspecified atom stereocenters. The third kappa shape index (κ3) is 5.14. The number of piperazine rings is 1. The average Bonchev–Trinajstić information content (AvgIpc) is 2.71. The van der Waals surface area contributed by atoms with Crippen LogP contribution in [-0.2, 0) is 0 Å². The predicted molar refractivity (Wildman–Crippen MR) is 114 cm³/mol. The van der Waals surface area contributed by atoms with E-state index in [1.807, 2.05) is 12.1 Å². The molecule has 0 aliphatic carbocycles. The minimum atomic E-state index is -0.603. The van der Waals surface area contributed by atoms with E-state index in [9.17, 15) is 20.1 Å². The summed E-state index contributed by atoms with van der Waals surface area (Å²) < 4.78 is 0. The summed E-state index contributed by atoms with van der Waals surface area (Å²) in [6.45, 7) is 6.83. The molecular weight excluding hydrogens is 392 g/mol. The Balaban J connectivity index is 1.41. The second-order valence-electron chi connectivity index (χ2n) is 7.46. The molecule has 3 rings (SSSR count). The number of phenolic OH excluding ortho intramolecular Hbond substituents is 3. The van der Waals surface area contributed by atoms with E-state index in [2.05, 4.69) is 22.8 Å². The highest BCUT2D eigenvalue weighted by atomic mass is 35.5. The maximum atomic E-state index is 12.2. The maximum Gasteiger partial charge on any atom is 0.200 e. The molecule has 156 valence electrons. The number of hydrogen-bond donors (Lipinski definition) is 3. The van der Waals surface area contributed by atoms with E-state index in [0.717, 1.165) is 56.2 Å².